The minimum Gasteiger partial charge on any atom is -0.332 e. The highest BCUT2D eigenvalue weighted by Crippen LogP contribution is 2.30. The number of carbonyl (C=O) groups is 1. The van der Waals surface area contributed by atoms with Gasteiger partial charge in [0.25, 0.3) is 5.91 Å². The Morgan fingerprint density at radius 2 is 2.12 bits per heavy atom. The predicted molar refractivity (Wildman–Crippen MR) is 81.9 cm³/mol. The first kappa shape index (κ1) is 16.5. The lowest BCUT2D eigenvalue weighted by Crippen LogP contribution is -2.52. The number of halogens is 3. The number of nitrogens with one attached hydrogen (secondary N) is 1. The second-order valence-corrected chi connectivity index (χ2v) is 5.75. The largest absolute Gasteiger partial charge is 0.416 e. The van der Waals surface area contributed by atoms with Gasteiger partial charge in [-0.05, 0) is 31.2 Å². The van der Waals surface area contributed by atoms with Gasteiger partial charge in [-0.15, -0.1) is 0 Å². The van der Waals surface area contributed by atoms with E-state index in [1.54, 1.807) is 4.90 Å². The summed E-state index contributed by atoms with van der Waals surface area (Å²) in [6, 6.07) is 6.42. The van der Waals surface area contributed by atoms with Crippen LogP contribution in [0.25, 0.3) is 5.69 Å². The van der Waals surface area contributed by atoms with E-state index in [0.29, 0.717) is 19.6 Å². The number of hydrogen-bond donors (Lipinski definition) is 1. The second kappa shape index (κ2) is 6.27. The van der Waals surface area contributed by atoms with Crippen LogP contribution in [0.1, 0.15) is 23.0 Å². The maximum Gasteiger partial charge on any atom is 0.416 e. The van der Waals surface area contributed by atoms with Gasteiger partial charge >= 0.3 is 6.18 Å². The lowest BCUT2D eigenvalue weighted by molar-refractivity contribution is -0.137. The Kier molecular flexibility index (Phi) is 4.31. The second-order valence-electron chi connectivity index (χ2n) is 5.75. The number of amides is 1. The van der Waals surface area contributed by atoms with E-state index in [1.165, 1.54) is 29.1 Å². The highest BCUT2D eigenvalue weighted by molar-refractivity contribution is 5.92. The molecule has 1 aliphatic rings. The zero-order valence-electron chi connectivity index (χ0n) is 13.0. The first-order valence-corrected chi connectivity index (χ1v) is 7.61. The van der Waals surface area contributed by atoms with Crippen LogP contribution >= 0.6 is 0 Å². The van der Waals surface area contributed by atoms with Crippen LogP contribution in [0.2, 0.25) is 0 Å². The smallest absolute Gasteiger partial charge is 0.332 e. The molecule has 1 fully saturated rings. The minimum absolute atomic E-state index is 0.0463. The number of rotatable bonds is 2. The maximum absolute atomic E-state index is 12.8. The van der Waals surface area contributed by atoms with E-state index in [1.807, 2.05) is 6.92 Å². The third-order valence-corrected chi connectivity index (χ3v) is 4.01. The summed E-state index contributed by atoms with van der Waals surface area (Å²) in [5.74, 6) is -0.213. The molecule has 0 saturated carbocycles. The van der Waals surface area contributed by atoms with Crippen molar-refractivity contribution < 1.29 is 18.0 Å². The molecular weight excluding hydrogens is 321 g/mol. The monoisotopic (exact) mass is 338 g/mol. The number of aromatic nitrogens is 2. The van der Waals surface area contributed by atoms with E-state index in [2.05, 4.69) is 10.4 Å². The van der Waals surface area contributed by atoms with Crippen LogP contribution in [0.4, 0.5) is 13.2 Å². The van der Waals surface area contributed by atoms with Crippen molar-refractivity contribution in [3.05, 3.63) is 47.8 Å². The molecule has 0 radical (unpaired) electrons. The van der Waals surface area contributed by atoms with Gasteiger partial charge in [0.05, 0.1) is 11.3 Å². The average Bonchev–Trinajstić information content (AvgIpc) is 3.04. The molecule has 0 bridgehead atoms. The average molecular weight is 338 g/mol. The van der Waals surface area contributed by atoms with E-state index >= 15 is 0 Å². The molecule has 128 valence electrons. The van der Waals surface area contributed by atoms with Crippen LogP contribution in [0.5, 0.6) is 0 Å². The summed E-state index contributed by atoms with van der Waals surface area (Å²) in [4.78, 5) is 14.2. The molecule has 0 aliphatic carbocycles. The molecule has 0 unspecified atom stereocenters. The molecular formula is C16H17F3N4O. The molecule has 0 spiro atoms. The molecule has 1 amide bonds. The zero-order chi connectivity index (χ0) is 17.3. The van der Waals surface area contributed by atoms with E-state index in [4.69, 9.17) is 0 Å². The molecule has 1 aliphatic heterocycles. The van der Waals surface area contributed by atoms with Gasteiger partial charge in [0.1, 0.15) is 0 Å². The summed E-state index contributed by atoms with van der Waals surface area (Å²) in [6.45, 7) is 3.94. The Morgan fingerprint density at radius 3 is 2.83 bits per heavy atom. The van der Waals surface area contributed by atoms with Gasteiger partial charge in [-0.25, -0.2) is 4.68 Å². The molecule has 1 aromatic carbocycles. The van der Waals surface area contributed by atoms with Crippen molar-refractivity contribution in [3.63, 3.8) is 0 Å². The van der Waals surface area contributed by atoms with Crippen molar-refractivity contribution in [2.75, 3.05) is 19.6 Å². The summed E-state index contributed by atoms with van der Waals surface area (Å²) in [5, 5.41) is 7.35. The van der Waals surface area contributed by atoms with E-state index in [0.717, 1.165) is 12.1 Å². The summed E-state index contributed by atoms with van der Waals surface area (Å²) in [5.41, 5.74) is -0.266. The van der Waals surface area contributed by atoms with E-state index < -0.39 is 11.7 Å². The van der Waals surface area contributed by atoms with E-state index in [-0.39, 0.29) is 23.3 Å². The Bertz CT molecular complexity index is 741. The third-order valence-electron chi connectivity index (χ3n) is 4.01. The lowest BCUT2D eigenvalue weighted by atomic mass is 10.2. The van der Waals surface area contributed by atoms with Gasteiger partial charge in [0.15, 0.2) is 5.69 Å². The molecule has 2 heterocycles. The molecule has 1 aromatic heterocycles. The van der Waals surface area contributed by atoms with Gasteiger partial charge in [0.2, 0.25) is 0 Å². The first-order valence-electron chi connectivity index (χ1n) is 7.61. The van der Waals surface area contributed by atoms with Gasteiger partial charge < -0.3 is 10.2 Å². The van der Waals surface area contributed by atoms with Crippen molar-refractivity contribution in [1.82, 2.24) is 20.0 Å². The standard InChI is InChI=1S/C16H17F3N4O/c1-11-10-20-6-8-22(11)15(24)14-5-7-23(21-14)13-4-2-3-12(9-13)16(17,18)19/h2-5,7,9,11,20H,6,8,10H2,1H3/t11-/m0/s1. The Morgan fingerprint density at radius 1 is 1.33 bits per heavy atom. The molecule has 2 aromatic rings. The summed E-state index contributed by atoms with van der Waals surface area (Å²) < 4.78 is 39.7. The van der Waals surface area contributed by atoms with Gasteiger partial charge in [0, 0.05) is 31.9 Å². The molecule has 3 rings (SSSR count). The van der Waals surface area contributed by atoms with E-state index in [9.17, 15) is 18.0 Å². The fraction of sp³-hybridized carbons (Fsp3) is 0.375. The number of hydrogen-bond acceptors (Lipinski definition) is 3. The lowest BCUT2D eigenvalue weighted by Gasteiger charge is -2.33. The number of alkyl halides is 3. The fourth-order valence-electron chi connectivity index (χ4n) is 2.70. The fourth-order valence-corrected chi connectivity index (χ4v) is 2.70. The number of carbonyl (C=O) groups excluding carboxylic acids is 1. The van der Waals surface area contributed by atoms with Crippen molar-refractivity contribution in [1.29, 1.82) is 0 Å². The summed E-state index contributed by atoms with van der Waals surface area (Å²) in [6.07, 6.45) is -2.92. The minimum atomic E-state index is -4.42. The first-order chi connectivity index (χ1) is 11.4. The van der Waals surface area contributed by atoms with Crippen LogP contribution in [0.15, 0.2) is 36.5 Å². The van der Waals surface area contributed by atoms with Crippen molar-refractivity contribution >= 4 is 5.91 Å². The summed E-state index contributed by atoms with van der Waals surface area (Å²) in [7, 11) is 0. The predicted octanol–water partition coefficient (Wildman–Crippen LogP) is 2.33. The Hall–Kier alpha value is -2.35. The topological polar surface area (TPSA) is 50.2 Å². The molecule has 1 atom stereocenters. The highest BCUT2D eigenvalue weighted by atomic mass is 19.4. The molecule has 1 N–H and O–H groups in total. The highest BCUT2D eigenvalue weighted by Gasteiger charge is 2.31. The molecule has 8 heteroatoms. The SMILES string of the molecule is C[C@H]1CNCCN1C(=O)c1ccn(-c2cccc(C(F)(F)F)c2)n1. The van der Waals surface area contributed by atoms with Crippen LogP contribution in [-0.4, -0.2) is 46.3 Å². The quantitative estimate of drug-likeness (QED) is 0.914. The zero-order valence-corrected chi connectivity index (χ0v) is 13.0. The number of piperazine rings is 1. The van der Waals surface area contributed by atoms with Gasteiger partial charge in [-0.1, -0.05) is 6.07 Å². The van der Waals surface area contributed by atoms with Crippen LogP contribution in [0.3, 0.4) is 0 Å². The van der Waals surface area contributed by atoms with Crippen LogP contribution in [-0.2, 0) is 6.18 Å². The van der Waals surface area contributed by atoms with Crippen LogP contribution in [0, 0.1) is 0 Å². The third kappa shape index (κ3) is 3.28. The molecule has 5 nitrogen and oxygen atoms in total. The Labute approximate surface area is 137 Å². The van der Waals surface area contributed by atoms with Crippen molar-refractivity contribution in [2.24, 2.45) is 0 Å². The molecule has 24 heavy (non-hydrogen) atoms. The number of benzene rings is 1. The van der Waals surface area contributed by atoms with Crippen molar-refractivity contribution in [2.45, 2.75) is 19.1 Å². The van der Waals surface area contributed by atoms with Gasteiger partial charge in [-0.2, -0.15) is 18.3 Å². The summed E-state index contributed by atoms with van der Waals surface area (Å²) >= 11 is 0. The Balaban J connectivity index is 1.84. The molecule has 1 saturated heterocycles. The van der Waals surface area contributed by atoms with Gasteiger partial charge in [-0.3, -0.25) is 4.79 Å². The normalized spacial score (nSPS) is 18.7. The maximum atomic E-state index is 12.8. The van der Waals surface area contributed by atoms with Crippen LogP contribution < -0.4 is 5.32 Å². The van der Waals surface area contributed by atoms with Crippen molar-refractivity contribution in [3.8, 4) is 5.69 Å². The number of nitrogens with zero attached hydrogens (tertiary/aromatic N) is 3.